The fraction of sp³-hybridized carbons (Fsp3) is 0.524. The molecular formula is C21H21F6N5O. The van der Waals surface area contributed by atoms with Crippen LogP contribution in [0.1, 0.15) is 42.4 Å². The van der Waals surface area contributed by atoms with Crippen molar-refractivity contribution in [2.24, 2.45) is 5.92 Å². The van der Waals surface area contributed by atoms with Gasteiger partial charge in [-0.2, -0.15) is 26.3 Å². The second-order valence-electron chi connectivity index (χ2n) is 8.47. The van der Waals surface area contributed by atoms with Crippen LogP contribution in [0.5, 0.6) is 0 Å². The first-order valence-electron chi connectivity index (χ1n) is 10.4. The van der Waals surface area contributed by atoms with Crippen LogP contribution in [0.4, 0.5) is 32.3 Å². The molecule has 0 N–H and O–H groups in total. The van der Waals surface area contributed by atoms with Gasteiger partial charge in [0.2, 0.25) is 11.9 Å². The molecule has 0 aromatic carbocycles. The van der Waals surface area contributed by atoms with Crippen LogP contribution in [0.15, 0.2) is 30.9 Å². The van der Waals surface area contributed by atoms with Gasteiger partial charge in [0.05, 0.1) is 11.1 Å². The van der Waals surface area contributed by atoms with E-state index in [2.05, 4.69) is 15.0 Å². The minimum atomic E-state index is -4.51. The van der Waals surface area contributed by atoms with Crippen molar-refractivity contribution < 1.29 is 31.1 Å². The summed E-state index contributed by atoms with van der Waals surface area (Å²) in [5.41, 5.74) is -1.25. The van der Waals surface area contributed by atoms with Crippen LogP contribution >= 0.6 is 0 Å². The molecule has 1 saturated heterocycles. The third-order valence-electron chi connectivity index (χ3n) is 6.20. The second-order valence-corrected chi connectivity index (χ2v) is 8.47. The summed E-state index contributed by atoms with van der Waals surface area (Å²) in [6.07, 6.45) is -4.40. The number of rotatable bonds is 3. The first-order valence-corrected chi connectivity index (χ1v) is 10.4. The zero-order valence-electron chi connectivity index (χ0n) is 17.6. The van der Waals surface area contributed by atoms with E-state index in [4.69, 9.17) is 0 Å². The van der Waals surface area contributed by atoms with E-state index in [1.807, 2.05) is 6.92 Å². The highest BCUT2D eigenvalue weighted by Gasteiger charge is 2.41. The van der Waals surface area contributed by atoms with E-state index in [1.54, 1.807) is 9.80 Å². The van der Waals surface area contributed by atoms with Crippen LogP contribution in [-0.2, 0) is 17.1 Å². The Morgan fingerprint density at radius 2 is 1.58 bits per heavy atom. The lowest BCUT2D eigenvalue weighted by molar-refractivity contribution is -0.142. The number of anilines is 1. The molecule has 1 atom stereocenters. The molecule has 2 aromatic heterocycles. The standard InChI is InChI=1S/C21H21F6N5O/c1-12-11-31(19-29-9-17(10-30-19)21(25,26)27)2-3-32(12)18(33)14-4-13(5-14)15-6-16(8-28-7-15)20(22,23)24/h6-10,12-14H,2-5,11H2,1H3/t12-,13?,14?/m0/s1. The number of pyridine rings is 1. The Bertz CT molecular complexity index is 1000. The third kappa shape index (κ3) is 4.88. The lowest BCUT2D eigenvalue weighted by Gasteiger charge is -2.44. The number of nitrogens with zero attached hydrogens (tertiary/aromatic N) is 5. The Morgan fingerprint density at radius 3 is 2.15 bits per heavy atom. The maximum atomic E-state index is 12.9. The SMILES string of the molecule is C[C@H]1CN(c2ncc(C(F)(F)F)cn2)CCN1C(=O)C1CC(c2cncc(C(F)(F)F)c2)C1. The Kier molecular flexibility index (Phi) is 5.95. The Hall–Kier alpha value is -2.92. The van der Waals surface area contributed by atoms with Gasteiger partial charge in [0.15, 0.2) is 0 Å². The topological polar surface area (TPSA) is 62.2 Å². The molecule has 12 heteroatoms. The average molecular weight is 473 g/mol. The molecular weight excluding hydrogens is 452 g/mol. The van der Waals surface area contributed by atoms with Gasteiger partial charge in [-0.25, -0.2) is 9.97 Å². The van der Waals surface area contributed by atoms with Crippen LogP contribution in [0, 0.1) is 5.92 Å². The maximum Gasteiger partial charge on any atom is 0.419 e. The van der Waals surface area contributed by atoms with Crippen molar-refractivity contribution in [3.63, 3.8) is 0 Å². The fourth-order valence-electron chi connectivity index (χ4n) is 4.26. The van der Waals surface area contributed by atoms with Crippen LogP contribution in [0.3, 0.4) is 0 Å². The number of carbonyl (C=O) groups excluding carboxylic acids is 1. The van der Waals surface area contributed by atoms with Crippen molar-refractivity contribution in [1.82, 2.24) is 19.9 Å². The van der Waals surface area contributed by atoms with Crippen LogP contribution < -0.4 is 4.90 Å². The molecule has 6 nitrogen and oxygen atoms in total. The monoisotopic (exact) mass is 473 g/mol. The number of piperazine rings is 1. The summed E-state index contributed by atoms with van der Waals surface area (Å²) in [6.45, 7) is 2.93. The summed E-state index contributed by atoms with van der Waals surface area (Å²) in [5, 5.41) is 0. The van der Waals surface area contributed by atoms with Crippen molar-refractivity contribution in [3.8, 4) is 0 Å². The summed E-state index contributed by atoms with van der Waals surface area (Å²) in [5.74, 6) is -0.318. The van der Waals surface area contributed by atoms with E-state index in [0.29, 0.717) is 38.0 Å². The number of amides is 1. The van der Waals surface area contributed by atoms with Gasteiger partial charge >= 0.3 is 12.4 Å². The highest BCUT2D eigenvalue weighted by molar-refractivity contribution is 5.80. The van der Waals surface area contributed by atoms with Gasteiger partial charge in [0.25, 0.3) is 0 Å². The van der Waals surface area contributed by atoms with Crippen molar-refractivity contribution in [1.29, 1.82) is 0 Å². The minimum absolute atomic E-state index is 0.0633. The quantitative estimate of drug-likeness (QED) is 0.628. The van der Waals surface area contributed by atoms with E-state index >= 15 is 0 Å². The summed E-state index contributed by atoms with van der Waals surface area (Å²) in [4.78, 5) is 27.7. The average Bonchev–Trinajstić information content (AvgIpc) is 2.71. The van der Waals surface area contributed by atoms with Crippen molar-refractivity contribution >= 4 is 11.9 Å². The lowest BCUT2D eigenvalue weighted by Crippen LogP contribution is -2.56. The molecule has 1 aliphatic heterocycles. The lowest BCUT2D eigenvalue weighted by atomic mass is 9.71. The highest BCUT2D eigenvalue weighted by atomic mass is 19.4. The largest absolute Gasteiger partial charge is 0.419 e. The smallest absolute Gasteiger partial charge is 0.337 e. The summed E-state index contributed by atoms with van der Waals surface area (Å²) >= 11 is 0. The number of halogens is 6. The van der Waals surface area contributed by atoms with Gasteiger partial charge < -0.3 is 9.80 Å². The second kappa shape index (κ2) is 8.45. The zero-order valence-corrected chi connectivity index (χ0v) is 17.6. The van der Waals surface area contributed by atoms with E-state index in [9.17, 15) is 31.1 Å². The van der Waals surface area contributed by atoms with Crippen molar-refractivity contribution in [3.05, 3.63) is 47.5 Å². The highest BCUT2D eigenvalue weighted by Crippen LogP contribution is 2.44. The van der Waals surface area contributed by atoms with E-state index < -0.39 is 23.5 Å². The molecule has 0 radical (unpaired) electrons. The molecule has 4 rings (SSSR count). The van der Waals surface area contributed by atoms with Crippen molar-refractivity contribution in [2.75, 3.05) is 24.5 Å². The fourth-order valence-corrected chi connectivity index (χ4v) is 4.26. The summed E-state index contributed by atoms with van der Waals surface area (Å²) in [7, 11) is 0. The number of carbonyl (C=O) groups is 1. The molecule has 0 bridgehead atoms. The number of aromatic nitrogens is 3. The van der Waals surface area contributed by atoms with Gasteiger partial charge in [-0.05, 0) is 37.3 Å². The predicted octanol–water partition coefficient (Wildman–Crippen LogP) is 4.14. The molecule has 3 heterocycles. The van der Waals surface area contributed by atoms with Gasteiger partial charge in [0, 0.05) is 56.4 Å². The summed E-state index contributed by atoms with van der Waals surface area (Å²) < 4.78 is 76.8. The molecule has 0 spiro atoms. The first-order chi connectivity index (χ1) is 15.4. The molecule has 1 amide bonds. The molecule has 33 heavy (non-hydrogen) atoms. The zero-order chi connectivity index (χ0) is 24.0. The molecule has 178 valence electrons. The van der Waals surface area contributed by atoms with Crippen LogP contribution in [0.25, 0.3) is 0 Å². The Balaban J connectivity index is 1.33. The molecule has 2 aliphatic rings. The predicted molar refractivity (Wildman–Crippen MR) is 105 cm³/mol. The van der Waals surface area contributed by atoms with Crippen LogP contribution in [-0.4, -0.2) is 51.4 Å². The van der Waals surface area contributed by atoms with Gasteiger partial charge in [-0.15, -0.1) is 0 Å². The van der Waals surface area contributed by atoms with Gasteiger partial charge in [-0.3, -0.25) is 9.78 Å². The summed E-state index contributed by atoms with van der Waals surface area (Å²) in [6, 6.07) is 0.871. The van der Waals surface area contributed by atoms with E-state index in [1.165, 1.54) is 6.20 Å². The van der Waals surface area contributed by atoms with Crippen LogP contribution in [0.2, 0.25) is 0 Å². The number of hydrogen-bond donors (Lipinski definition) is 0. The van der Waals surface area contributed by atoms with Gasteiger partial charge in [0.1, 0.15) is 0 Å². The molecule has 0 unspecified atom stereocenters. The Morgan fingerprint density at radius 1 is 0.939 bits per heavy atom. The number of hydrogen-bond acceptors (Lipinski definition) is 5. The molecule has 2 aromatic rings. The first kappa shape index (κ1) is 23.2. The molecule has 1 aliphatic carbocycles. The normalized spacial score (nSPS) is 23.9. The van der Waals surface area contributed by atoms with E-state index in [0.717, 1.165) is 24.7 Å². The van der Waals surface area contributed by atoms with Crippen molar-refractivity contribution in [2.45, 2.75) is 44.1 Å². The number of alkyl halides is 6. The van der Waals surface area contributed by atoms with E-state index in [-0.39, 0.29) is 29.7 Å². The van der Waals surface area contributed by atoms with Gasteiger partial charge in [-0.1, -0.05) is 0 Å². The minimum Gasteiger partial charge on any atom is -0.337 e. The Labute approximate surface area is 185 Å². The molecule has 2 fully saturated rings. The molecule has 1 saturated carbocycles. The third-order valence-corrected chi connectivity index (χ3v) is 6.20. The maximum absolute atomic E-state index is 12.9.